The van der Waals surface area contributed by atoms with E-state index in [1.54, 1.807) is 12.4 Å². The Balaban J connectivity index is 1.93. The molecule has 0 aliphatic carbocycles. The Bertz CT molecular complexity index is 644. The average molecular weight is 309 g/mol. The van der Waals surface area contributed by atoms with Crippen molar-refractivity contribution in [2.24, 2.45) is 0 Å². The number of hydrogen-bond acceptors (Lipinski definition) is 4. The van der Waals surface area contributed by atoms with Crippen molar-refractivity contribution in [1.82, 2.24) is 15.3 Å². The summed E-state index contributed by atoms with van der Waals surface area (Å²) in [5.41, 5.74) is 1.70. The number of amides is 1. The number of imidazole rings is 1. The van der Waals surface area contributed by atoms with Crippen LogP contribution in [0, 0.1) is 0 Å². The van der Waals surface area contributed by atoms with Crippen LogP contribution in [-0.4, -0.2) is 22.4 Å². The van der Waals surface area contributed by atoms with E-state index in [1.165, 1.54) is 11.8 Å². The van der Waals surface area contributed by atoms with Gasteiger partial charge in [-0.3, -0.25) is 4.79 Å². The molecule has 0 fully saturated rings. The first-order chi connectivity index (χ1) is 9.69. The fourth-order valence-corrected chi connectivity index (χ4v) is 3.23. The molecule has 1 atom stereocenters. The summed E-state index contributed by atoms with van der Waals surface area (Å²) in [5, 5.41) is 7.40. The van der Waals surface area contributed by atoms with Gasteiger partial charge in [-0.25, -0.2) is 4.98 Å². The maximum Gasteiger partial charge on any atom is 0.246 e. The number of halogens is 1. The van der Waals surface area contributed by atoms with Crippen LogP contribution in [0.15, 0.2) is 34.6 Å². The van der Waals surface area contributed by atoms with Crippen LogP contribution in [0.25, 0.3) is 0 Å². The van der Waals surface area contributed by atoms with E-state index in [1.807, 2.05) is 19.1 Å². The lowest BCUT2D eigenvalue weighted by molar-refractivity contribution is -0.117. The molecule has 1 aromatic carbocycles. The molecule has 2 aromatic rings. The van der Waals surface area contributed by atoms with Crippen molar-refractivity contribution in [3.8, 4) is 0 Å². The van der Waals surface area contributed by atoms with Crippen molar-refractivity contribution in [1.29, 1.82) is 0 Å². The number of anilines is 1. The third-order valence-electron chi connectivity index (χ3n) is 3.02. The molecule has 104 valence electrons. The van der Waals surface area contributed by atoms with E-state index in [-0.39, 0.29) is 11.9 Å². The highest BCUT2D eigenvalue weighted by molar-refractivity contribution is 7.99. The van der Waals surface area contributed by atoms with Gasteiger partial charge in [0.05, 0.1) is 5.02 Å². The third kappa shape index (κ3) is 2.42. The van der Waals surface area contributed by atoms with Crippen LogP contribution in [0.2, 0.25) is 5.02 Å². The summed E-state index contributed by atoms with van der Waals surface area (Å²) in [6.45, 7) is 2.69. The monoisotopic (exact) mass is 308 g/mol. The number of nitrogens with one attached hydrogen (secondary N) is 3. The zero-order valence-corrected chi connectivity index (χ0v) is 12.3. The Morgan fingerprint density at radius 2 is 2.35 bits per heavy atom. The Hall–Kier alpha value is -1.50. The first-order valence-corrected chi connectivity index (χ1v) is 7.43. The van der Waals surface area contributed by atoms with Crippen LogP contribution in [0.1, 0.15) is 18.5 Å². The fourth-order valence-electron chi connectivity index (χ4n) is 2.16. The van der Waals surface area contributed by atoms with Crippen LogP contribution < -0.4 is 10.6 Å². The lowest BCUT2D eigenvalue weighted by Gasteiger charge is -2.10. The van der Waals surface area contributed by atoms with Crippen molar-refractivity contribution in [2.75, 3.05) is 11.9 Å². The Morgan fingerprint density at radius 1 is 1.50 bits per heavy atom. The highest BCUT2D eigenvalue weighted by Gasteiger charge is 2.30. The lowest BCUT2D eigenvalue weighted by atomic mass is 10.1. The Morgan fingerprint density at radius 3 is 3.05 bits per heavy atom. The van der Waals surface area contributed by atoms with Gasteiger partial charge in [0, 0.05) is 28.5 Å². The number of carbonyl (C=O) groups excluding carboxylic acids is 1. The normalized spacial score (nSPS) is 17.1. The van der Waals surface area contributed by atoms with Crippen molar-refractivity contribution < 1.29 is 4.79 Å². The molecule has 0 saturated heterocycles. The molecule has 1 aliphatic heterocycles. The highest BCUT2D eigenvalue weighted by atomic mass is 35.5. The molecule has 3 rings (SSSR count). The quantitative estimate of drug-likeness (QED) is 0.812. The van der Waals surface area contributed by atoms with Crippen LogP contribution in [-0.2, 0) is 4.79 Å². The molecule has 3 N–H and O–H groups in total. The van der Waals surface area contributed by atoms with Gasteiger partial charge in [0.2, 0.25) is 5.91 Å². The molecule has 1 aromatic heterocycles. The molecule has 20 heavy (non-hydrogen) atoms. The van der Waals surface area contributed by atoms with Gasteiger partial charge in [-0.05, 0) is 18.7 Å². The van der Waals surface area contributed by atoms with Crippen molar-refractivity contribution in [2.45, 2.75) is 23.0 Å². The smallest absolute Gasteiger partial charge is 0.246 e. The summed E-state index contributed by atoms with van der Waals surface area (Å²) in [7, 11) is 0. The van der Waals surface area contributed by atoms with E-state index in [0.717, 1.165) is 27.8 Å². The zero-order chi connectivity index (χ0) is 14.1. The number of aromatic nitrogens is 2. The van der Waals surface area contributed by atoms with Crippen LogP contribution in [0.4, 0.5) is 5.69 Å². The number of H-pyrrole nitrogens is 1. The standard InChI is InChI=1S/C13H13ClN4OS/c1-2-15-11-7-5-8(14)10(6-9(7)18-12(11)19)20-13-16-3-4-17-13/h3-6,11,15H,2H2,1H3,(H,16,17)(H,18,19). The predicted octanol–water partition coefficient (Wildman–Crippen LogP) is 2.82. The topological polar surface area (TPSA) is 69.8 Å². The number of nitrogens with zero attached hydrogens (tertiary/aromatic N) is 1. The number of likely N-dealkylation sites (N-methyl/N-ethyl adjacent to an activating group) is 1. The van der Waals surface area contributed by atoms with Gasteiger partial charge in [0.15, 0.2) is 5.16 Å². The maximum absolute atomic E-state index is 11.9. The summed E-state index contributed by atoms with van der Waals surface area (Å²) < 4.78 is 0. The van der Waals surface area contributed by atoms with E-state index in [4.69, 9.17) is 11.6 Å². The molecule has 1 aliphatic rings. The molecule has 0 saturated carbocycles. The number of carbonyl (C=O) groups is 1. The molecular weight excluding hydrogens is 296 g/mol. The molecular formula is C13H13ClN4OS. The molecule has 1 unspecified atom stereocenters. The first-order valence-electron chi connectivity index (χ1n) is 6.24. The predicted molar refractivity (Wildman–Crippen MR) is 79.2 cm³/mol. The van der Waals surface area contributed by atoms with Gasteiger partial charge >= 0.3 is 0 Å². The van der Waals surface area contributed by atoms with E-state index < -0.39 is 0 Å². The van der Waals surface area contributed by atoms with E-state index in [9.17, 15) is 4.79 Å². The summed E-state index contributed by atoms with van der Waals surface area (Å²) in [6.07, 6.45) is 3.44. The van der Waals surface area contributed by atoms with Crippen LogP contribution in [0.5, 0.6) is 0 Å². The van der Waals surface area contributed by atoms with E-state index >= 15 is 0 Å². The lowest BCUT2D eigenvalue weighted by Crippen LogP contribution is -2.27. The highest BCUT2D eigenvalue weighted by Crippen LogP contribution is 2.40. The second kappa shape index (κ2) is 5.47. The largest absolute Gasteiger partial charge is 0.339 e. The molecule has 2 heterocycles. The van der Waals surface area contributed by atoms with Gasteiger partial charge in [0.1, 0.15) is 6.04 Å². The molecule has 5 nitrogen and oxygen atoms in total. The molecule has 0 bridgehead atoms. The van der Waals surface area contributed by atoms with Crippen molar-refractivity contribution in [3.05, 3.63) is 35.1 Å². The molecule has 1 amide bonds. The summed E-state index contributed by atoms with van der Waals surface area (Å²) in [6, 6.07) is 3.41. The minimum absolute atomic E-state index is 0.0435. The molecule has 7 heteroatoms. The van der Waals surface area contributed by atoms with Gasteiger partial charge in [-0.1, -0.05) is 30.3 Å². The van der Waals surface area contributed by atoms with Crippen molar-refractivity contribution in [3.63, 3.8) is 0 Å². The molecule has 0 spiro atoms. The second-order valence-electron chi connectivity index (χ2n) is 4.35. The van der Waals surface area contributed by atoms with Gasteiger partial charge in [-0.2, -0.15) is 0 Å². The molecule has 0 radical (unpaired) electrons. The maximum atomic E-state index is 11.9. The van der Waals surface area contributed by atoms with Crippen LogP contribution >= 0.6 is 23.4 Å². The summed E-state index contributed by atoms with van der Waals surface area (Å²) >= 11 is 7.74. The van der Waals surface area contributed by atoms with Crippen LogP contribution in [0.3, 0.4) is 0 Å². The third-order valence-corrected chi connectivity index (χ3v) is 4.42. The van der Waals surface area contributed by atoms with Gasteiger partial charge in [0.25, 0.3) is 0 Å². The number of aromatic amines is 1. The number of benzene rings is 1. The SMILES string of the molecule is CCNC1C(=O)Nc2cc(Sc3ncc[nH]3)c(Cl)cc21. The minimum Gasteiger partial charge on any atom is -0.339 e. The number of rotatable bonds is 4. The number of fused-ring (bicyclic) bond motifs is 1. The van der Waals surface area contributed by atoms with Gasteiger partial charge < -0.3 is 15.6 Å². The van der Waals surface area contributed by atoms with E-state index in [2.05, 4.69) is 20.6 Å². The van der Waals surface area contributed by atoms with Gasteiger partial charge in [-0.15, -0.1) is 0 Å². The summed E-state index contributed by atoms with van der Waals surface area (Å²) in [4.78, 5) is 19.9. The minimum atomic E-state index is -0.324. The average Bonchev–Trinajstić information content (AvgIpc) is 3.01. The Labute approximate surface area is 125 Å². The van der Waals surface area contributed by atoms with E-state index in [0.29, 0.717) is 5.02 Å². The number of hydrogen-bond donors (Lipinski definition) is 3. The summed E-state index contributed by atoms with van der Waals surface area (Å²) in [5.74, 6) is -0.0435. The fraction of sp³-hybridized carbons (Fsp3) is 0.231. The Kier molecular flexibility index (Phi) is 3.69. The zero-order valence-electron chi connectivity index (χ0n) is 10.7. The second-order valence-corrected chi connectivity index (χ2v) is 5.78. The van der Waals surface area contributed by atoms with Crippen molar-refractivity contribution >= 4 is 35.0 Å². The first kappa shape index (κ1) is 13.5.